The average Bonchev–Trinajstić information content (AvgIpc) is 3.18. The number of aromatic nitrogens is 5. The number of benzene rings is 1. The van der Waals surface area contributed by atoms with Crippen molar-refractivity contribution < 1.29 is 0 Å². The van der Waals surface area contributed by atoms with Gasteiger partial charge in [-0.2, -0.15) is 4.52 Å². The predicted octanol–water partition coefficient (Wildman–Crippen LogP) is 3.88. The third-order valence-electron chi connectivity index (χ3n) is 5.51. The van der Waals surface area contributed by atoms with E-state index in [1.807, 2.05) is 60.1 Å². The normalized spacial score (nSPS) is 15.2. The largest absolute Gasteiger partial charge is 0.355 e. The lowest BCUT2D eigenvalue weighted by Crippen LogP contribution is -2.33. The van der Waals surface area contributed by atoms with Crippen molar-refractivity contribution in [2.45, 2.75) is 25.7 Å². The number of rotatable bonds is 3. The molecule has 28 heavy (non-hydrogen) atoms. The van der Waals surface area contributed by atoms with Crippen LogP contribution in [-0.4, -0.2) is 37.9 Å². The third-order valence-corrected chi connectivity index (χ3v) is 5.51. The van der Waals surface area contributed by atoms with Gasteiger partial charge in [0.15, 0.2) is 11.5 Å². The second-order valence-corrected chi connectivity index (χ2v) is 7.35. The first-order chi connectivity index (χ1) is 13.8. The molecule has 140 valence electrons. The molecule has 6 heteroatoms. The van der Waals surface area contributed by atoms with Crippen molar-refractivity contribution in [2.24, 2.45) is 0 Å². The first-order valence-corrected chi connectivity index (χ1v) is 9.73. The topological polar surface area (TPSA) is 59.2 Å². The highest BCUT2D eigenvalue weighted by Gasteiger charge is 2.22. The van der Waals surface area contributed by atoms with Crippen LogP contribution in [0.1, 0.15) is 30.0 Å². The molecule has 1 fully saturated rings. The van der Waals surface area contributed by atoms with E-state index in [1.54, 1.807) is 0 Å². The average molecular weight is 370 g/mol. The van der Waals surface area contributed by atoms with Gasteiger partial charge in [0.1, 0.15) is 5.82 Å². The minimum absolute atomic E-state index is 0.572. The summed E-state index contributed by atoms with van der Waals surface area (Å²) in [4.78, 5) is 6.81. The first-order valence-electron chi connectivity index (χ1n) is 9.73. The lowest BCUT2D eigenvalue weighted by Gasteiger charge is -2.32. The van der Waals surface area contributed by atoms with Gasteiger partial charge >= 0.3 is 0 Å². The molecule has 4 heterocycles. The molecule has 0 radical (unpaired) electrons. The fourth-order valence-corrected chi connectivity index (χ4v) is 3.88. The summed E-state index contributed by atoms with van der Waals surface area (Å²) in [5.74, 6) is 2.32. The maximum Gasteiger partial charge on any atom is 0.185 e. The zero-order valence-electron chi connectivity index (χ0n) is 15.9. The number of anilines is 1. The van der Waals surface area contributed by atoms with E-state index in [9.17, 15) is 0 Å². The molecule has 4 aromatic rings. The van der Waals surface area contributed by atoms with Gasteiger partial charge in [-0.1, -0.05) is 36.4 Å². The molecule has 0 unspecified atom stereocenters. The zero-order chi connectivity index (χ0) is 18.9. The molecule has 5 rings (SSSR count). The van der Waals surface area contributed by atoms with Crippen LogP contribution in [0.25, 0.3) is 17.0 Å². The number of pyridine rings is 1. The Bertz CT molecular complexity index is 1080. The molecule has 0 saturated carbocycles. The van der Waals surface area contributed by atoms with Crippen LogP contribution in [0.4, 0.5) is 5.82 Å². The highest BCUT2D eigenvalue weighted by molar-refractivity contribution is 5.59. The van der Waals surface area contributed by atoms with Crippen LogP contribution >= 0.6 is 0 Å². The molecular formula is C22H22N6. The summed E-state index contributed by atoms with van der Waals surface area (Å²) >= 11 is 0. The van der Waals surface area contributed by atoms with Gasteiger partial charge in [0.2, 0.25) is 0 Å². The summed E-state index contributed by atoms with van der Waals surface area (Å²) in [6.45, 7) is 4.00. The fourth-order valence-electron chi connectivity index (χ4n) is 3.88. The predicted molar refractivity (Wildman–Crippen MR) is 109 cm³/mol. The summed E-state index contributed by atoms with van der Waals surface area (Å²) < 4.78 is 1.85. The standard InChI is InChI=1S/C22H22N6/c1-16-7-8-19(15-23-16)17-11-13-27(14-12-17)21-10-9-20-24-25-22(28(20)26-21)18-5-3-2-4-6-18/h2-10,15,17H,11-14H2,1H3. The number of hydrogen-bond donors (Lipinski definition) is 0. The molecule has 0 spiro atoms. The van der Waals surface area contributed by atoms with Crippen LogP contribution in [0.5, 0.6) is 0 Å². The molecule has 0 bridgehead atoms. The third kappa shape index (κ3) is 3.11. The monoisotopic (exact) mass is 370 g/mol. The van der Waals surface area contributed by atoms with Crippen molar-refractivity contribution in [3.63, 3.8) is 0 Å². The van der Waals surface area contributed by atoms with Crippen molar-refractivity contribution >= 4 is 11.5 Å². The summed E-state index contributed by atoms with van der Waals surface area (Å²) in [6, 6.07) is 18.4. The van der Waals surface area contributed by atoms with Crippen LogP contribution < -0.4 is 4.90 Å². The second kappa shape index (κ2) is 7.03. The maximum absolute atomic E-state index is 4.85. The molecule has 0 N–H and O–H groups in total. The minimum Gasteiger partial charge on any atom is -0.355 e. The smallest absolute Gasteiger partial charge is 0.185 e. The van der Waals surface area contributed by atoms with Gasteiger partial charge in [-0.3, -0.25) is 4.98 Å². The Labute approximate surface area is 163 Å². The van der Waals surface area contributed by atoms with Crippen molar-refractivity contribution in [1.82, 2.24) is 24.8 Å². The number of fused-ring (bicyclic) bond motifs is 1. The van der Waals surface area contributed by atoms with Gasteiger partial charge in [0.05, 0.1) is 0 Å². The number of aryl methyl sites for hydroxylation is 1. The Morgan fingerprint density at radius 1 is 0.893 bits per heavy atom. The van der Waals surface area contributed by atoms with Crippen LogP contribution in [0.3, 0.4) is 0 Å². The lowest BCUT2D eigenvalue weighted by molar-refractivity contribution is 0.500. The van der Waals surface area contributed by atoms with E-state index in [-0.39, 0.29) is 0 Å². The quantitative estimate of drug-likeness (QED) is 0.548. The Balaban J connectivity index is 1.38. The van der Waals surface area contributed by atoms with E-state index in [0.717, 1.165) is 54.5 Å². The first kappa shape index (κ1) is 16.9. The molecular weight excluding hydrogens is 348 g/mol. The molecule has 0 atom stereocenters. The van der Waals surface area contributed by atoms with Gasteiger partial charge in [0, 0.05) is 30.5 Å². The van der Waals surface area contributed by atoms with Gasteiger partial charge in [-0.15, -0.1) is 15.3 Å². The van der Waals surface area contributed by atoms with Crippen molar-refractivity contribution in [3.8, 4) is 11.4 Å². The van der Waals surface area contributed by atoms with E-state index < -0.39 is 0 Å². The van der Waals surface area contributed by atoms with Gasteiger partial charge in [0.25, 0.3) is 0 Å². The van der Waals surface area contributed by atoms with Crippen molar-refractivity contribution in [3.05, 3.63) is 72.1 Å². The van der Waals surface area contributed by atoms with Crippen LogP contribution in [0.15, 0.2) is 60.8 Å². The summed E-state index contributed by atoms with van der Waals surface area (Å²) in [7, 11) is 0. The van der Waals surface area contributed by atoms with Crippen LogP contribution in [-0.2, 0) is 0 Å². The van der Waals surface area contributed by atoms with E-state index in [4.69, 9.17) is 5.10 Å². The molecule has 3 aromatic heterocycles. The molecule has 1 saturated heterocycles. The summed E-state index contributed by atoms with van der Waals surface area (Å²) in [6.07, 6.45) is 4.25. The van der Waals surface area contributed by atoms with Crippen molar-refractivity contribution in [2.75, 3.05) is 18.0 Å². The molecule has 6 nitrogen and oxygen atoms in total. The Kier molecular flexibility index (Phi) is 4.24. The van der Waals surface area contributed by atoms with E-state index in [1.165, 1.54) is 5.56 Å². The Hall–Kier alpha value is -3.28. The second-order valence-electron chi connectivity index (χ2n) is 7.35. The van der Waals surface area contributed by atoms with E-state index in [0.29, 0.717) is 5.92 Å². The molecule has 0 aliphatic carbocycles. The number of hydrogen-bond acceptors (Lipinski definition) is 5. The molecule has 1 aromatic carbocycles. The summed E-state index contributed by atoms with van der Waals surface area (Å²) in [5.41, 5.74) is 4.20. The lowest BCUT2D eigenvalue weighted by atomic mass is 9.90. The van der Waals surface area contributed by atoms with Crippen LogP contribution in [0, 0.1) is 6.92 Å². The molecule has 1 aliphatic heterocycles. The molecule has 1 aliphatic rings. The minimum atomic E-state index is 0.572. The van der Waals surface area contributed by atoms with E-state index in [2.05, 4.69) is 32.2 Å². The Morgan fingerprint density at radius 3 is 2.46 bits per heavy atom. The zero-order valence-corrected chi connectivity index (χ0v) is 15.9. The maximum atomic E-state index is 4.85. The van der Waals surface area contributed by atoms with Gasteiger partial charge < -0.3 is 4.90 Å². The number of nitrogens with zero attached hydrogens (tertiary/aromatic N) is 6. The SMILES string of the molecule is Cc1ccc(C2CCN(c3ccc4nnc(-c5ccccc5)n4n3)CC2)cn1. The fraction of sp³-hybridized carbons (Fsp3) is 0.273. The Morgan fingerprint density at radius 2 is 1.71 bits per heavy atom. The molecule has 0 amide bonds. The van der Waals surface area contributed by atoms with Crippen LogP contribution in [0.2, 0.25) is 0 Å². The van der Waals surface area contributed by atoms with E-state index >= 15 is 0 Å². The summed E-state index contributed by atoms with van der Waals surface area (Å²) in [5, 5.41) is 13.5. The van der Waals surface area contributed by atoms with Gasteiger partial charge in [-0.25, -0.2) is 0 Å². The highest BCUT2D eigenvalue weighted by atomic mass is 15.4. The van der Waals surface area contributed by atoms with Gasteiger partial charge in [-0.05, 0) is 49.4 Å². The highest BCUT2D eigenvalue weighted by Crippen LogP contribution is 2.30. The van der Waals surface area contributed by atoms with Crippen molar-refractivity contribution in [1.29, 1.82) is 0 Å². The number of piperidine rings is 1.